The van der Waals surface area contributed by atoms with E-state index in [1.54, 1.807) is 35.9 Å². The smallest absolute Gasteiger partial charge is 0.338 e. The molecule has 2 aliphatic rings. The molecule has 0 aliphatic carbocycles. The normalized spacial score (nSPS) is 17.1. The standard InChI is InChI=1S/C25H36N8O3/c1-25(2,27)22(34)31-11-13-32(14-12-31)23(35)28-21-8-10-33(24(36)29-21)20-5-3-18(4-6-20)15-30-16-19(17-30)7-9-26/h3-6,8,10,19H,7,9,11-17,26-27H2,1-2H3,(H,28,29,35,36). The topological polar surface area (TPSA) is 143 Å². The summed E-state index contributed by atoms with van der Waals surface area (Å²) < 4.78 is 1.44. The number of amides is 3. The van der Waals surface area contributed by atoms with E-state index >= 15 is 0 Å². The summed E-state index contributed by atoms with van der Waals surface area (Å²) in [5.74, 6) is 0.747. The van der Waals surface area contributed by atoms with Crippen LogP contribution in [0.25, 0.3) is 5.69 Å². The summed E-state index contributed by atoms with van der Waals surface area (Å²) in [6.45, 7) is 8.69. The summed E-state index contributed by atoms with van der Waals surface area (Å²) >= 11 is 0. The van der Waals surface area contributed by atoms with Crippen molar-refractivity contribution in [1.82, 2.24) is 24.3 Å². The van der Waals surface area contributed by atoms with Gasteiger partial charge in [0.15, 0.2) is 0 Å². The highest BCUT2D eigenvalue weighted by molar-refractivity contribution is 5.89. The molecule has 194 valence electrons. The average molecular weight is 497 g/mol. The molecule has 1 aromatic heterocycles. The van der Waals surface area contributed by atoms with Gasteiger partial charge in [-0.15, -0.1) is 0 Å². The molecule has 11 nitrogen and oxygen atoms in total. The number of hydrogen-bond donors (Lipinski definition) is 3. The van der Waals surface area contributed by atoms with Gasteiger partial charge < -0.3 is 21.3 Å². The van der Waals surface area contributed by atoms with Crippen LogP contribution in [-0.4, -0.2) is 87.5 Å². The largest absolute Gasteiger partial charge is 0.354 e. The maximum atomic E-state index is 12.6. The zero-order valence-corrected chi connectivity index (χ0v) is 21.0. The number of hydrogen-bond acceptors (Lipinski definition) is 7. The molecule has 2 saturated heterocycles. The molecule has 36 heavy (non-hydrogen) atoms. The van der Waals surface area contributed by atoms with Crippen molar-refractivity contribution in [1.29, 1.82) is 0 Å². The fourth-order valence-electron chi connectivity index (χ4n) is 4.62. The molecule has 5 N–H and O–H groups in total. The van der Waals surface area contributed by atoms with Crippen molar-refractivity contribution in [2.75, 3.05) is 51.1 Å². The molecule has 3 amide bonds. The number of nitrogens with one attached hydrogen (secondary N) is 1. The molecule has 2 aromatic rings. The molecule has 1 aromatic carbocycles. The van der Waals surface area contributed by atoms with Gasteiger partial charge in [0.25, 0.3) is 0 Å². The van der Waals surface area contributed by atoms with E-state index in [0.29, 0.717) is 37.8 Å². The summed E-state index contributed by atoms with van der Waals surface area (Å²) in [6, 6.07) is 9.08. The van der Waals surface area contributed by atoms with Crippen molar-refractivity contribution in [3.05, 3.63) is 52.6 Å². The average Bonchev–Trinajstić information content (AvgIpc) is 2.82. The summed E-state index contributed by atoms with van der Waals surface area (Å²) in [5, 5.41) is 2.68. The predicted molar refractivity (Wildman–Crippen MR) is 138 cm³/mol. The second-order valence-electron chi connectivity index (χ2n) is 10.2. The number of nitrogens with two attached hydrogens (primary N) is 2. The van der Waals surface area contributed by atoms with Crippen LogP contribution in [0.15, 0.2) is 41.3 Å². The molecule has 0 atom stereocenters. The summed E-state index contributed by atoms with van der Waals surface area (Å²) in [6.07, 6.45) is 2.68. The van der Waals surface area contributed by atoms with Gasteiger partial charge in [-0.05, 0) is 56.5 Å². The summed E-state index contributed by atoms with van der Waals surface area (Å²) in [4.78, 5) is 47.3. The van der Waals surface area contributed by atoms with Gasteiger partial charge in [0.05, 0.1) is 11.2 Å². The first-order valence-corrected chi connectivity index (χ1v) is 12.4. The van der Waals surface area contributed by atoms with Crippen LogP contribution >= 0.6 is 0 Å². The van der Waals surface area contributed by atoms with Crippen molar-refractivity contribution in [2.24, 2.45) is 17.4 Å². The van der Waals surface area contributed by atoms with Crippen LogP contribution in [0.3, 0.4) is 0 Å². The monoisotopic (exact) mass is 496 g/mol. The van der Waals surface area contributed by atoms with E-state index < -0.39 is 11.2 Å². The lowest BCUT2D eigenvalue weighted by Gasteiger charge is -2.39. The molecule has 0 bridgehead atoms. The Balaban J connectivity index is 1.30. The van der Waals surface area contributed by atoms with E-state index in [0.717, 1.165) is 32.6 Å². The Morgan fingerprint density at radius 1 is 1.06 bits per heavy atom. The molecule has 4 rings (SSSR count). The highest BCUT2D eigenvalue weighted by atomic mass is 16.2. The predicted octanol–water partition coefficient (Wildman–Crippen LogP) is 0.427. The van der Waals surface area contributed by atoms with Crippen LogP contribution in [-0.2, 0) is 11.3 Å². The zero-order valence-electron chi connectivity index (χ0n) is 21.0. The molecule has 0 radical (unpaired) electrons. The molecular weight excluding hydrogens is 460 g/mol. The van der Waals surface area contributed by atoms with Crippen molar-refractivity contribution in [2.45, 2.75) is 32.4 Å². The number of urea groups is 1. The fraction of sp³-hybridized carbons (Fsp3) is 0.520. The lowest BCUT2D eigenvalue weighted by Crippen LogP contribution is -2.58. The number of benzene rings is 1. The van der Waals surface area contributed by atoms with Gasteiger partial charge >= 0.3 is 11.7 Å². The number of carbonyl (C=O) groups excluding carboxylic acids is 2. The van der Waals surface area contributed by atoms with Gasteiger partial charge in [-0.3, -0.25) is 19.6 Å². The Kier molecular flexibility index (Phi) is 7.72. The number of aromatic nitrogens is 2. The Bertz CT molecular complexity index is 1130. The first-order valence-electron chi connectivity index (χ1n) is 12.4. The van der Waals surface area contributed by atoms with Crippen molar-refractivity contribution in [3.63, 3.8) is 0 Å². The molecule has 2 fully saturated rings. The number of carbonyl (C=O) groups is 2. The van der Waals surface area contributed by atoms with Crippen LogP contribution in [0.5, 0.6) is 0 Å². The van der Waals surface area contributed by atoms with Crippen LogP contribution in [0.4, 0.5) is 10.6 Å². The van der Waals surface area contributed by atoms with Crippen molar-refractivity contribution < 1.29 is 9.59 Å². The molecule has 2 aliphatic heterocycles. The van der Waals surface area contributed by atoms with Gasteiger partial charge in [0.1, 0.15) is 5.82 Å². The van der Waals surface area contributed by atoms with Crippen LogP contribution in [0.2, 0.25) is 0 Å². The third kappa shape index (κ3) is 6.10. The van der Waals surface area contributed by atoms with E-state index in [4.69, 9.17) is 11.5 Å². The Morgan fingerprint density at radius 2 is 1.69 bits per heavy atom. The SMILES string of the molecule is CC(C)(N)C(=O)N1CCN(C(=O)Nc2ccn(-c3ccc(CN4CC(CCN)C4)cc3)c(=O)n2)CC1. The van der Waals surface area contributed by atoms with Crippen LogP contribution in [0.1, 0.15) is 25.8 Å². The second-order valence-corrected chi connectivity index (χ2v) is 10.2. The lowest BCUT2D eigenvalue weighted by atomic mass is 9.96. The highest BCUT2D eigenvalue weighted by Crippen LogP contribution is 2.21. The van der Waals surface area contributed by atoms with Gasteiger partial charge in [-0.25, -0.2) is 9.59 Å². The maximum Gasteiger partial charge on any atom is 0.354 e. The third-order valence-electron chi connectivity index (χ3n) is 6.67. The van der Waals surface area contributed by atoms with Gasteiger partial charge in [-0.2, -0.15) is 4.98 Å². The number of nitrogens with zero attached hydrogens (tertiary/aromatic N) is 5. The lowest BCUT2D eigenvalue weighted by molar-refractivity contribution is -0.137. The van der Waals surface area contributed by atoms with Crippen LogP contribution in [0, 0.1) is 5.92 Å². The first-order chi connectivity index (χ1) is 17.1. The molecule has 0 unspecified atom stereocenters. The third-order valence-corrected chi connectivity index (χ3v) is 6.67. The Morgan fingerprint density at radius 3 is 2.28 bits per heavy atom. The van der Waals surface area contributed by atoms with Gasteiger partial charge in [0.2, 0.25) is 5.91 Å². The highest BCUT2D eigenvalue weighted by Gasteiger charge is 2.31. The second kappa shape index (κ2) is 10.8. The number of rotatable bonds is 7. The summed E-state index contributed by atoms with van der Waals surface area (Å²) in [7, 11) is 0. The first kappa shape index (κ1) is 25.8. The van der Waals surface area contributed by atoms with Crippen molar-refractivity contribution in [3.8, 4) is 5.69 Å². The van der Waals surface area contributed by atoms with Gasteiger partial charge in [0, 0.05) is 52.0 Å². The molecular formula is C25H36N8O3. The van der Waals surface area contributed by atoms with E-state index in [1.807, 2.05) is 24.3 Å². The van der Waals surface area contributed by atoms with E-state index in [2.05, 4.69) is 15.2 Å². The Hall–Kier alpha value is -3.28. The quantitative estimate of drug-likeness (QED) is 0.504. The molecule has 0 spiro atoms. The van der Waals surface area contributed by atoms with Crippen LogP contribution < -0.4 is 22.5 Å². The fourth-order valence-corrected chi connectivity index (χ4v) is 4.62. The number of piperazine rings is 1. The minimum Gasteiger partial charge on any atom is -0.338 e. The zero-order chi connectivity index (χ0) is 25.9. The molecule has 0 saturated carbocycles. The number of anilines is 1. The van der Waals surface area contributed by atoms with E-state index in [-0.39, 0.29) is 17.8 Å². The maximum absolute atomic E-state index is 12.6. The van der Waals surface area contributed by atoms with E-state index in [9.17, 15) is 14.4 Å². The Labute approximate surface area is 211 Å². The van der Waals surface area contributed by atoms with Crippen molar-refractivity contribution >= 4 is 17.8 Å². The molecule has 3 heterocycles. The van der Waals surface area contributed by atoms with E-state index in [1.165, 1.54) is 10.1 Å². The van der Waals surface area contributed by atoms with Gasteiger partial charge in [-0.1, -0.05) is 12.1 Å². The summed E-state index contributed by atoms with van der Waals surface area (Å²) in [5.41, 5.74) is 12.0. The molecule has 11 heteroatoms. The number of likely N-dealkylation sites (tertiary alicyclic amines) is 1. The minimum atomic E-state index is -0.943. The minimum absolute atomic E-state index is 0.141.